The third kappa shape index (κ3) is 4.57. The summed E-state index contributed by atoms with van der Waals surface area (Å²) in [4.78, 5) is 30.9. The Kier molecular flexibility index (Phi) is 6.48. The topological polar surface area (TPSA) is 71.1 Å². The summed E-state index contributed by atoms with van der Waals surface area (Å²) in [6.07, 6.45) is 0.777. The van der Waals surface area contributed by atoms with Gasteiger partial charge in [0.1, 0.15) is 5.00 Å². The van der Waals surface area contributed by atoms with Crippen molar-refractivity contribution in [1.82, 2.24) is 9.80 Å². The van der Waals surface area contributed by atoms with Gasteiger partial charge in [0.2, 0.25) is 0 Å². The molecule has 3 heterocycles. The molecule has 0 radical (unpaired) electrons. The number of thiophene rings is 1. The summed E-state index contributed by atoms with van der Waals surface area (Å²) < 4.78 is 10.4. The van der Waals surface area contributed by atoms with E-state index in [1.54, 1.807) is 0 Å². The summed E-state index contributed by atoms with van der Waals surface area (Å²) >= 11 is 1.47. The highest BCUT2D eigenvalue weighted by molar-refractivity contribution is 7.17. The lowest BCUT2D eigenvalue weighted by molar-refractivity contribution is 0.0342. The molecule has 0 unspecified atom stereocenters. The molecule has 30 heavy (non-hydrogen) atoms. The van der Waals surface area contributed by atoms with E-state index in [0.717, 1.165) is 62.8 Å². The van der Waals surface area contributed by atoms with Crippen molar-refractivity contribution in [2.24, 2.45) is 0 Å². The third-order valence-electron chi connectivity index (χ3n) is 5.59. The van der Waals surface area contributed by atoms with E-state index in [1.165, 1.54) is 24.0 Å². The monoisotopic (exact) mass is 429 g/mol. The van der Waals surface area contributed by atoms with Crippen LogP contribution < -0.4 is 5.32 Å². The zero-order valence-electron chi connectivity index (χ0n) is 17.4. The first-order valence-corrected chi connectivity index (χ1v) is 11.0. The van der Waals surface area contributed by atoms with Gasteiger partial charge in [-0.2, -0.15) is 0 Å². The molecule has 1 aromatic carbocycles. The molecule has 1 amide bonds. The van der Waals surface area contributed by atoms with Gasteiger partial charge in [0.05, 0.1) is 25.9 Å². The number of benzene rings is 1. The van der Waals surface area contributed by atoms with E-state index in [4.69, 9.17) is 9.47 Å². The molecular formula is C22H27N3O4S. The van der Waals surface area contributed by atoms with Crippen LogP contribution in [0.4, 0.5) is 5.00 Å². The van der Waals surface area contributed by atoms with Crippen LogP contribution in [0.5, 0.6) is 0 Å². The van der Waals surface area contributed by atoms with Gasteiger partial charge in [0.15, 0.2) is 0 Å². The predicted octanol–water partition coefficient (Wildman–Crippen LogP) is 2.61. The predicted molar refractivity (Wildman–Crippen MR) is 116 cm³/mol. The van der Waals surface area contributed by atoms with Gasteiger partial charge < -0.3 is 19.7 Å². The van der Waals surface area contributed by atoms with Crippen molar-refractivity contribution in [2.75, 3.05) is 52.3 Å². The Morgan fingerprint density at radius 3 is 2.60 bits per heavy atom. The van der Waals surface area contributed by atoms with Crippen LogP contribution >= 0.6 is 11.3 Å². The molecule has 0 bridgehead atoms. The molecule has 1 N–H and O–H groups in total. The van der Waals surface area contributed by atoms with Gasteiger partial charge in [0, 0.05) is 43.2 Å². The number of morpholine rings is 1. The molecule has 0 saturated carbocycles. The lowest BCUT2D eigenvalue weighted by Gasteiger charge is -2.26. The summed E-state index contributed by atoms with van der Waals surface area (Å²) in [5, 5.41) is 3.52. The number of rotatable bonds is 5. The first-order chi connectivity index (χ1) is 14.5. The first kappa shape index (κ1) is 21.0. The van der Waals surface area contributed by atoms with E-state index in [2.05, 4.69) is 22.2 Å². The Bertz CT molecular complexity index is 919. The number of ether oxygens (including phenoxy) is 2. The largest absolute Gasteiger partial charge is 0.465 e. The summed E-state index contributed by atoms with van der Waals surface area (Å²) in [5.74, 6) is -0.613. The van der Waals surface area contributed by atoms with Crippen LogP contribution in [0.3, 0.4) is 0 Å². The third-order valence-corrected chi connectivity index (χ3v) is 6.72. The van der Waals surface area contributed by atoms with Crippen molar-refractivity contribution in [1.29, 1.82) is 0 Å². The standard InChI is InChI=1S/C22H27N3O4S/c1-24-8-7-17-18(14-24)30-21(19(17)22(27)28-2)23-20(26)16-5-3-15(4-6-16)13-25-9-11-29-12-10-25/h3-6H,7-14H2,1-2H3,(H,23,26). The lowest BCUT2D eigenvalue weighted by Crippen LogP contribution is -2.35. The van der Waals surface area contributed by atoms with Crippen molar-refractivity contribution < 1.29 is 19.1 Å². The van der Waals surface area contributed by atoms with Gasteiger partial charge in [-0.1, -0.05) is 12.1 Å². The number of fused-ring (bicyclic) bond motifs is 1. The number of nitrogens with zero attached hydrogens (tertiary/aromatic N) is 2. The van der Waals surface area contributed by atoms with Crippen molar-refractivity contribution in [3.8, 4) is 0 Å². The number of amides is 1. The molecule has 2 aliphatic heterocycles. The minimum absolute atomic E-state index is 0.218. The van der Waals surface area contributed by atoms with Crippen LogP contribution in [0.1, 0.15) is 36.7 Å². The molecule has 2 aromatic rings. The zero-order chi connectivity index (χ0) is 21.1. The minimum atomic E-state index is -0.395. The van der Waals surface area contributed by atoms with Gasteiger partial charge in [0.25, 0.3) is 5.91 Å². The average Bonchev–Trinajstić information content (AvgIpc) is 3.11. The van der Waals surface area contributed by atoms with E-state index in [0.29, 0.717) is 16.1 Å². The number of methoxy groups -OCH3 is 1. The fourth-order valence-corrected chi connectivity index (χ4v) is 5.20. The maximum atomic E-state index is 12.9. The summed E-state index contributed by atoms with van der Waals surface area (Å²) in [5.41, 5.74) is 3.24. The quantitative estimate of drug-likeness (QED) is 0.737. The number of carbonyl (C=O) groups is 2. The fourth-order valence-electron chi connectivity index (χ4n) is 3.89. The van der Waals surface area contributed by atoms with E-state index in [9.17, 15) is 9.59 Å². The number of hydrogen-bond donors (Lipinski definition) is 1. The summed E-state index contributed by atoms with van der Waals surface area (Å²) in [7, 11) is 3.43. The average molecular weight is 430 g/mol. The second kappa shape index (κ2) is 9.26. The molecule has 0 spiro atoms. The second-order valence-electron chi connectivity index (χ2n) is 7.73. The van der Waals surface area contributed by atoms with E-state index in [-0.39, 0.29) is 5.91 Å². The SMILES string of the molecule is COC(=O)c1c(NC(=O)c2ccc(CN3CCOCC3)cc2)sc2c1CCN(C)C2. The van der Waals surface area contributed by atoms with Gasteiger partial charge >= 0.3 is 5.97 Å². The molecular weight excluding hydrogens is 402 g/mol. The highest BCUT2D eigenvalue weighted by Crippen LogP contribution is 2.37. The normalized spacial score (nSPS) is 17.4. The molecule has 1 aromatic heterocycles. The van der Waals surface area contributed by atoms with Crippen LogP contribution in [0.15, 0.2) is 24.3 Å². The lowest BCUT2D eigenvalue weighted by atomic mass is 10.0. The smallest absolute Gasteiger partial charge is 0.341 e. The van der Waals surface area contributed by atoms with Crippen molar-refractivity contribution in [2.45, 2.75) is 19.5 Å². The molecule has 0 atom stereocenters. The van der Waals surface area contributed by atoms with Crippen LogP contribution in [-0.4, -0.2) is 68.7 Å². The molecule has 4 rings (SSSR count). The van der Waals surface area contributed by atoms with Crippen molar-refractivity contribution >= 4 is 28.2 Å². The molecule has 1 fully saturated rings. The van der Waals surface area contributed by atoms with Gasteiger partial charge in [-0.05, 0) is 36.7 Å². The van der Waals surface area contributed by atoms with E-state index >= 15 is 0 Å². The Balaban J connectivity index is 1.49. The van der Waals surface area contributed by atoms with Crippen LogP contribution in [0.2, 0.25) is 0 Å². The van der Waals surface area contributed by atoms with Crippen LogP contribution in [-0.2, 0) is 29.0 Å². The molecule has 160 valence electrons. The Hall–Kier alpha value is -2.26. The van der Waals surface area contributed by atoms with Crippen molar-refractivity contribution in [3.05, 3.63) is 51.4 Å². The van der Waals surface area contributed by atoms with Gasteiger partial charge in [-0.25, -0.2) is 4.79 Å². The number of nitrogens with one attached hydrogen (secondary N) is 1. The van der Waals surface area contributed by atoms with Gasteiger partial charge in [-0.3, -0.25) is 9.69 Å². The number of esters is 1. The number of anilines is 1. The number of hydrogen-bond acceptors (Lipinski definition) is 7. The maximum absolute atomic E-state index is 12.9. The highest BCUT2D eigenvalue weighted by atomic mass is 32.1. The molecule has 7 nitrogen and oxygen atoms in total. The Morgan fingerprint density at radius 1 is 1.17 bits per heavy atom. The Morgan fingerprint density at radius 2 is 1.90 bits per heavy atom. The summed E-state index contributed by atoms with van der Waals surface area (Å²) in [6.45, 7) is 5.89. The molecule has 8 heteroatoms. The first-order valence-electron chi connectivity index (χ1n) is 10.2. The second-order valence-corrected chi connectivity index (χ2v) is 8.83. The maximum Gasteiger partial charge on any atom is 0.341 e. The summed E-state index contributed by atoms with van der Waals surface area (Å²) in [6, 6.07) is 7.65. The number of likely N-dealkylation sites (N-methyl/N-ethyl adjacent to an activating group) is 1. The molecule has 1 saturated heterocycles. The molecule has 2 aliphatic rings. The van der Waals surface area contributed by atoms with Crippen molar-refractivity contribution in [3.63, 3.8) is 0 Å². The zero-order valence-corrected chi connectivity index (χ0v) is 18.2. The number of carbonyl (C=O) groups excluding carboxylic acids is 2. The fraction of sp³-hybridized carbons (Fsp3) is 0.455. The van der Waals surface area contributed by atoms with E-state index in [1.807, 2.05) is 24.3 Å². The minimum Gasteiger partial charge on any atom is -0.465 e. The highest BCUT2D eigenvalue weighted by Gasteiger charge is 2.28. The van der Waals surface area contributed by atoms with Crippen LogP contribution in [0.25, 0.3) is 0 Å². The van der Waals surface area contributed by atoms with E-state index < -0.39 is 5.97 Å². The Labute approximate surface area is 180 Å². The van der Waals surface area contributed by atoms with Crippen LogP contribution in [0, 0.1) is 0 Å². The molecule has 0 aliphatic carbocycles. The van der Waals surface area contributed by atoms with Gasteiger partial charge in [-0.15, -0.1) is 11.3 Å².